The Morgan fingerprint density at radius 1 is 1.60 bits per heavy atom. The molecular weight excluding hydrogens is 192 g/mol. The Balaban J connectivity index is 1.83. The third-order valence-corrected chi connectivity index (χ3v) is 2.38. The number of carbonyl (C=O) groups excluding carboxylic acids is 1. The molecule has 1 aliphatic rings. The topological polar surface area (TPSA) is 69.8 Å². The predicted octanol–water partition coefficient (Wildman–Crippen LogP) is 0.0592. The van der Waals surface area contributed by atoms with Crippen LogP contribution in [0.3, 0.4) is 0 Å². The highest BCUT2D eigenvalue weighted by Crippen LogP contribution is 2.02. The number of hydrogen-bond acceptors (Lipinski definition) is 3. The molecule has 1 aliphatic heterocycles. The van der Waals surface area contributed by atoms with Crippen LogP contribution < -0.4 is 10.6 Å². The summed E-state index contributed by atoms with van der Waals surface area (Å²) in [5, 5.41) is 6.07. The largest absolute Gasteiger partial charge is 0.347 e. The molecule has 0 spiro atoms. The molecular formula is C10H14N4O. The zero-order valence-electron chi connectivity index (χ0n) is 8.42. The smallest absolute Gasteiger partial charge is 0.269 e. The Kier molecular flexibility index (Phi) is 3.14. The lowest BCUT2D eigenvalue weighted by atomic mass is 10.1. The van der Waals surface area contributed by atoms with E-state index in [0.29, 0.717) is 12.2 Å². The van der Waals surface area contributed by atoms with Crippen LogP contribution in [0, 0.1) is 0 Å². The first kappa shape index (κ1) is 9.92. The molecule has 80 valence electrons. The minimum atomic E-state index is -0.105. The van der Waals surface area contributed by atoms with Gasteiger partial charge in [0, 0.05) is 13.1 Å². The molecule has 0 bridgehead atoms. The second-order valence-corrected chi connectivity index (χ2v) is 3.46. The summed E-state index contributed by atoms with van der Waals surface area (Å²) in [5.41, 5.74) is 1.78. The normalized spacial score (nSPS) is 15.9. The summed E-state index contributed by atoms with van der Waals surface area (Å²) in [4.78, 5) is 18.1. The van der Waals surface area contributed by atoms with Crippen LogP contribution in [0.25, 0.3) is 0 Å². The van der Waals surface area contributed by atoms with Crippen LogP contribution in [-0.2, 0) is 0 Å². The van der Waals surface area contributed by atoms with E-state index in [1.165, 1.54) is 18.1 Å². The minimum Gasteiger partial charge on any atom is -0.347 e. The Bertz CT molecular complexity index is 356. The summed E-state index contributed by atoms with van der Waals surface area (Å²) < 4.78 is 0. The number of H-pyrrole nitrogens is 1. The van der Waals surface area contributed by atoms with Gasteiger partial charge in [-0.1, -0.05) is 11.6 Å². The summed E-state index contributed by atoms with van der Waals surface area (Å²) in [6.07, 6.45) is 6.14. The number of imidazole rings is 1. The van der Waals surface area contributed by atoms with Crippen molar-refractivity contribution in [2.24, 2.45) is 0 Å². The van der Waals surface area contributed by atoms with Gasteiger partial charge >= 0.3 is 0 Å². The molecule has 0 saturated heterocycles. The fourth-order valence-corrected chi connectivity index (χ4v) is 1.50. The lowest BCUT2D eigenvalue weighted by molar-refractivity contribution is 0.0952. The van der Waals surface area contributed by atoms with Crippen molar-refractivity contribution in [1.29, 1.82) is 0 Å². The highest BCUT2D eigenvalue weighted by atomic mass is 16.1. The highest BCUT2D eigenvalue weighted by molar-refractivity contribution is 5.92. The minimum absolute atomic E-state index is 0.105. The van der Waals surface area contributed by atoms with E-state index in [1.807, 2.05) is 0 Å². The summed E-state index contributed by atoms with van der Waals surface area (Å²) in [7, 11) is 0. The summed E-state index contributed by atoms with van der Waals surface area (Å²) in [6.45, 7) is 2.51. The van der Waals surface area contributed by atoms with Crippen molar-refractivity contribution in [3.05, 3.63) is 29.9 Å². The van der Waals surface area contributed by atoms with Crippen LogP contribution in [0.5, 0.6) is 0 Å². The van der Waals surface area contributed by atoms with E-state index in [0.717, 1.165) is 19.5 Å². The number of aromatic nitrogens is 2. The Morgan fingerprint density at radius 3 is 3.20 bits per heavy atom. The SMILES string of the molecule is O=C(NCC1=CCNCC1)c1cnc[nH]1. The molecule has 0 saturated carbocycles. The first-order valence-corrected chi connectivity index (χ1v) is 5.01. The number of hydrogen-bond donors (Lipinski definition) is 3. The molecule has 5 nitrogen and oxygen atoms in total. The molecule has 1 aromatic rings. The third kappa shape index (κ3) is 2.66. The van der Waals surface area contributed by atoms with Gasteiger partial charge < -0.3 is 15.6 Å². The number of amides is 1. The Labute approximate surface area is 88.0 Å². The van der Waals surface area contributed by atoms with Gasteiger partial charge in [-0.05, 0) is 13.0 Å². The van der Waals surface area contributed by atoms with Gasteiger partial charge in [-0.2, -0.15) is 0 Å². The molecule has 0 fully saturated rings. The quantitative estimate of drug-likeness (QED) is 0.612. The van der Waals surface area contributed by atoms with E-state index in [1.54, 1.807) is 0 Å². The summed E-state index contributed by atoms with van der Waals surface area (Å²) >= 11 is 0. The molecule has 2 heterocycles. The highest BCUT2D eigenvalue weighted by Gasteiger charge is 2.08. The molecule has 1 aromatic heterocycles. The maximum atomic E-state index is 11.5. The van der Waals surface area contributed by atoms with Crippen LogP contribution in [-0.4, -0.2) is 35.5 Å². The maximum Gasteiger partial charge on any atom is 0.269 e. The third-order valence-electron chi connectivity index (χ3n) is 2.38. The Morgan fingerprint density at radius 2 is 2.53 bits per heavy atom. The molecule has 0 atom stereocenters. The average molecular weight is 206 g/mol. The van der Waals surface area contributed by atoms with Crippen molar-refractivity contribution in [2.75, 3.05) is 19.6 Å². The van der Waals surface area contributed by atoms with E-state index in [-0.39, 0.29) is 5.91 Å². The average Bonchev–Trinajstić information content (AvgIpc) is 2.81. The van der Waals surface area contributed by atoms with E-state index in [4.69, 9.17) is 0 Å². The number of carbonyl (C=O) groups is 1. The van der Waals surface area contributed by atoms with Crippen LogP contribution in [0.4, 0.5) is 0 Å². The van der Waals surface area contributed by atoms with Crippen molar-refractivity contribution in [3.8, 4) is 0 Å². The zero-order chi connectivity index (χ0) is 10.5. The van der Waals surface area contributed by atoms with Gasteiger partial charge in [0.05, 0.1) is 12.5 Å². The lowest BCUT2D eigenvalue weighted by Crippen LogP contribution is -2.29. The van der Waals surface area contributed by atoms with Crippen LogP contribution in [0.15, 0.2) is 24.2 Å². The standard InChI is InChI=1S/C10H14N4O/c15-10(9-6-12-7-14-9)13-5-8-1-3-11-4-2-8/h1,6-7,11H,2-5H2,(H,12,14)(H,13,15). The summed E-state index contributed by atoms with van der Waals surface area (Å²) in [6, 6.07) is 0. The van der Waals surface area contributed by atoms with Gasteiger partial charge in [0.15, 0.2) is 0 Å². The van der Waals surface area contributed by atoms with E-state index < -0.39 is 0 Å². The molecule has 0 unspecified atom stereocenters. The van der Waals surface area contributed by atoms with Crippen molar-refractivity contribution in [1.82, 2.24) is 20.6 Å². The van der Waals surface area contributed by atoms with Gasteiger partial charge in [0.25, 0.3) is 5.91 Å². The molecule has 2 rings (SSSR count). The fraction of sp³-hybridized carbons (Fsp3) is 0.400. The molecule has 15 heavy (non-hydrogen) atoms. The first-order chi connectivity index (χ1) is 7.36. The molecule has 3 N–H and O–H groups in total. The lowest BCUT2D eigenvalue weighted by Gasteiger charge is -2.14. The van der Waals surface area contributed by atoms with E-state index >= 15 is 0 Å². The van der Waals surface area contributed by atoms with Crippen LogP contribution in [0.1, 0.15) is 16.9 Å². The first-order valence-electron chi connectivity index (χ1n) is 5.01. The van der Waals surface area contributed by atoms with E-state index in [9.17, 15) is 4.79 Å². The second kappa shape index (κ2) is 4.75. The zero-order valence-corrected chi connectivity index (χ0v) is 8.42. The molecule has 0 radical (unpaired) electrons. The molecule has 5 heteroatoms. The van der Waals surface area contributed by atoms with Gasteiger partial charge in [0.1, 0.15) is 5.69 Å². The fourth-order valence-electron chi connectivity index (χ4n) is 1.50. The predicted molar refractivity (Wildman–Crippen MR) is 56.5 cm³/mol. The monoisotopic (exact) mass is 206 g/mol. The van der Waals surface area contributed by atoms with Crippen molar-refractivity contribution >= 4 is 5.91 Å². The van der Waals surface area contributed by atoms with Gasteiger partial charge in [-0.25, -0.2) is 4.98 Å². The second-order valence-electron chi connectivity index (χ2n) is 3.46. The summed E-state index contributed by atoms with van der Waals surface area (Å²) in [5.74, 6) is -0.105. The number of nitrogens with one attached hydrogen (secondary N) is 3. The van der Waals surface area contributed by atoms with Crippen molar-refractivity contribution < 1.29 is 4.79 Å². The number of rotatable bonds is 3. The van der Waals surface area contributed by atoms with Crippen molar-refractivity contribution in [2.45, 2.75) is 6.42 Å². The van der Waals surface area contributed by atoms with Crippen molar-refractivity contribution in [3.63, 3.8) is 0 Å². The molecule has 0 aliphatic carbocycles. The van der Waals surface area contributed by atoms with E-state index in [2.05, 4.69) is 26.7 Å². The van der Waals surface area contributed by atoms with Gasteiger partial charge in [-0.3, -0.25) is 4.79 Å². The number of aromatic amines is 1. The Hall–Kier alpha value is -1.62. The maximum absolute atomic E-state index is 11.5. The van der Waals surface area contributed by atoms with Crippen LogP contribution in [0.2, 0.25) is 0 Å². The van der Waals surface area contributed by atoms with Gasteiger partial charge in [-0.15, -0.1) is 0 Å². The molecule has 1 amide bonds. The van der Waals surface area contributed by atoms with Crippen LogP contribution >= 0.6 is 0 Å². The molecule has 0 aromatic carbocycles. The number of nitrogens with zero attached hydrogens (tertiary/aromatic N) is 1. The van der Waals surface area contributed by atoms with Gasteiger partial charge in [0.2, 0.25) is 0 Å².